The van der Waals surface area contributed by atoms with Crippen molar-refractivity contribution < 1.29 is 4.11 Å². The third-order valence-electron chi connectivity index (χ3n) is 15.7. The summed E-state index contributed by atoms with van der Waals surface area (Å²) in [6, 6.07) is 99.2. The minimum absolute atomic E-state index is 0.0985. The van der Waals surface area contributed by atoms with Gasteiger partial charge in [-0.1, -0.05) is 231 Å². The van der Waals surface area contributed by atoms with E-state index in [9.17, 15) is 4.11 Å². The molecule has 76 heavy (non-hydrogen) atoms. The van der Waals surface area contributed by atoms with Gasteiger partial charge in [-0.25, -0.2) is 0 Å². The minimum atomic E-state index is -2.94. The second-order valence-electron chi connectivity index (χ2n) is 19.7. The Labute approximate surface area is 446 Å². The van der Waals surface area contributed by atoms with E-state index in [0.29, 0.717) is 16.9 Å². The summed E-state index contributed by atoms with van der Waals surface area (Å²) >= 11 is 0. The lowest BCUT2D eigenvalue weighted by Gasteiger charge is -2.34. The van der Waals surface area contributed by atoms with Gasteiger partial charge in [0, 0.05) is 43.7 Å². The van der Waals surface area contributed by atoms with Crippen molar-refractivity contribution >= 4 is 94.2 Å². The molecule has 15 rings (SSSR count). The second-order valence-corrected chi connectivity index (χ2v) is 23.5. The topological polar surface area (TPSA) is 14.8 Å². The first-order chi connectivity index (χ1) is 39.0. The fourth-order valence-corrected chi connectivity index (χ4v) is 17.2. The molecule has 15 aromatic rings. The predicted octanol–water partition coefficient (Wildman–Crippen LogP) is 15.7. The minimum Gasteiger partial charge on any atom is -0.309 e. The summed E-state index contributed by atoms with van der Waals surface area (Å²) in [6.07, 6.45) is 0. The van der Waals surface area contributed by atoms with Gasteiger partial charge in [0.05, 0.1) is 42.9 Å². The molecule has 0 aliphatic carbocycles. The maximum atomic E-state index is 10.7. The molecular weight excluding hydrogens is 935 g/mol. The zero-order valence-corrected chi connectivity index (χ0v) is 42.4. The van der Waals surface area contributed by atoms with Gasteiger partial charge in [-0.2, -0.15) is 0 Å². The Kier molecular flexibility index (Phi) is 9.50. The number of fused-ring (bicyclic) bond motifs is 9. The molecule has 0 fully saturated rings. The first kappa shape index (κ1) is 40.7. The highest BCUT2D eigenvalue weighted by Crippen LogP contribution is 2.42. The van der Waals surface area contributed by atoms with E-state index < -0.39 is 8.07 Å². The fraction of sp³-hybridized carbons (Fsp3) is 0. The third-order valence-corrected chi connectivity index (χ3v) is 20.4. The highest BCUT2D eigenvalue weighted by molar-refractivity contribution is 7.20. The van der Waals surface area contributed by atoms with Gasteiger partial charge in [0.1, 0.15) is 0 Å². The van der Waals surface area contributed by atoms with E-state index >= 15 is 0 Å². The summed E-state index contributed by atoms with van der Waals surface area (Å²) in [4.78, 5) is 0. The number of benzene rings is 12. The summed E-state index contributed by atoms with van der Waals surface area (Å²) in [6.45, 7) is 0. The van der Waals surface area contributed by atoms with Crippen LogP contribution in [0.4, 0.5) is 0 Å². The Morgan fingerprint density at radius 2 is 0.658 bits per heavy atom. The first-order valence-corrected chi connectivity index (χ1v) is 28.0. The molecule has 0 bridgehead atoms. The average molecular weight is 987 g/mol. The van der Waals surface area contributed by atoms with Crippen molar-refractivity contribution in [3.8, 4) is 39.3 Å². The lowest BCUT2D eigenvalue weighted by Crippen LogP contribution is -2.74. The van der Waals surface area contributed by atoms with Gasteiger partial charge in [-0.3, -0.25) is 0 Å². The molecule has 3 aromatic heterocycles. The van der Waals surface area contributed by atoms with Crippen LogP contribution in [0.3, 0.4) is 0 Å². The molecule has 3 nitrogen and oxygen atoms in total. The Morgan fingerprint density at radius 1 is 0.250 bits per heavy atom. The second kappa shape index (κ2) is 17.7. The molecule has 0 radical (unpaired) electrons. The van der Waals surface area contributed by atoms with Crippen molar-refractivity contribution in [2.24, 2.45) is 0 Å². The van der Waals surface area contributed by atoms with Crippen LogP contribution in [0.1, 0.15) is 4.11 Å². The molecule has 356 valence electrons. The predicted molar refractivity (Wildman–Crippen MR) is 324 cm³/mol. The summed E-state index contributed by atoms with van der Waals surface area (Å²) in [5.41, 5.74) is 11.1. The number of rotatable bonds is 9. The van der Waals surface area contributed by atoms with Gasteiger partial charge in [0.25, 0.3) is 0 Å². The first-order valence-electron chi connectivity index (χ1n) is 27.5. The Bertz CT molecular complexity index is 4760. The maximum Gasteiger partial charge on any atom is 0.179 e. The standard InChI is InChI=1S/C72H49N3Si/c1-6-23-50(24-7-1)52-41-43-69-63(47-52)60-33-17-20-37-66(60)75(69)71-40-22-39-70-72(71)62-35-18-21-38-67(62)74(70)55-46-53(51-25-8-2-9-26-51)45-54(48-55)73-65-36-19-16-34-61(65)64-49-59(42-44-68(64)73)76(56-27-10-3-11-28-56,57-29-12-4-13-30-57)58-31-14-5-15-32-58/h1-49H/i45D,46D,48D. The van der Waals surface area contributed by atoms with Crippen LogP contribution in [0.2, 0.25) is 0 Å². The van der Waals surface area contributed by atoms with Crippen molar-refractivity contribution in [1.29, 1.82) is 0 Å². The SMILES string of the molecule is [2H]c1c(-c2ccccc2)c([2H])c(-n2c3ccccc3c3c(-n4c5ccccc5c5cc(-c6ccccc6)ccc54)cccc32)c([2H])c1-n1c2ccccc2c2cc([Si](c3ccccc3)(c3ccccc3)c3ccccc3)ccc21. The highest BCUT2D eigenvalue weighted by Gasteiger charge is 2.41. The van der Waals surface area contributed by atoms with E-state index in [4.69, 9.17) is 0 Å². The van der Waals surface area contributed by atoms with Gasteiger partial charge < -0.3 is 13.7 Å². The Morgan fingerprint density at radius 3 is 1.24 bits per heavy atom. The molecule has 3 heterocycles. The van der Waals surface area contributed by atoms with Crippen LogP contribution in [0.15, 0.2) is 297 Å². The van der Waals surface area contributed by atoms with Gasteiger partial charge >= 0.3 is 0 Å². The summed E-state index contributed by atoms with van der Waals surface area (Å²) in [5.74, 6) is 0. The van der Waals surface area contributed by atoms with E-state index in [1.807, 2.05) is 42.5 Å². The molecule has 0 saturated carbocycles. The van der Waals surface area contributed by atoms with Crippen molar-refractivity contribution in [3.63, 3.8) is 0 Å². The molecule has 0 unspecified atom stereocenters. The van der Waals surface area contributed by atoms with Crippen LogP contribution in [-0.2, 0) is 0 Å². The van der Waals surface area contributed by atoms with Crippen LogP contribution in [-0.4, -0.2) is 21.8 Å². The maximum absolute atomic E-state index is 10.7. The molecule has 12 aromatic carbocycles. The van der Waals surface area contributed by atoms with E-state index in [1.165, 1.54) is 26.3 Å². The van der Waals surface area contributed by atoms with Crippen LogP contribution in [0.5, 0.6) is 0 Å². The fourth-order valence-electron chi connectivity index (χ4n) is 12.4. The molecule has 0 aliphatic rings. The molecular formula is C72H49N3Si. The lowest BCUT2D eigenvalue weighted by atomic mass is 10.0. The summed E-state index contributed by atoms with van der Waals surface area (Å²) in [7, 11) is -2.94. The van der Waals surface area contributed by atoms with Crippen LogP contribution >= 0.6 is 0 Å². The highest BCUT2D eigenvalue weighted by atomic mass is 28.3. The smallest absolute Gasteiger partial charge is 0.179 e. The molecule has 0 amide bonds. The normalized spacial score (nSPS) is 12.5. The lowest BCUT2D eigenvalue weighted by molar-refractivity contribution is 1.13. The Hall–Kier alpha value is -9.74. The molecule has 0 spiro atoms. The van der Waals surface area contributed by atoms with Gasteiger partial charge in [-0.05, 0) is 110 Å². The van der Waals surface area contributed by atoms with E-state index in [0.717, 1.165) is 82.2 Å². The third kappa shape index (κ3) is 6.74. The van der Waals surface area contributed by atoms with Crippen LogP contribution in [0, 0.1) is 0 Å². The quantitative estimate of drug-likeness (QED) is 0.101. The summed E-state index contributed by atoms with van der Waals surface area (Å²) < 4.78 is 38.2. The van der Waals surface area contributed by atoms with Crippen molar-refractivity contribution in [2.45, 2.75) is 0 Å². The van der Waals surface area contributed by atoms with E-state index in [2.05, 4.69) is 250 Å². The molecule has 0 aliphatic heterocycles. The van der Waals surface area contributed by atoms with Gasteiger partial charge in [-0.15, -0.1) is 0 Å². The van der Waals surface area contributed by atoms with Crippen molar-refractivity contribution in [3.05, 3.63) is 297 Å². The number of para-hydroxylation sites is 3. The number of hydrogen-bond acceptors (Lipinski definition) is 0. The molecule has 0 N–H and O–H groups in total. The summed E-state index contributed by atoms with van der Waals surface area (Å²) in [5, 5.41) is 11.5. The average Bonchev–Trinajstić information content (AvgIpc) is 3.97. The molecule has 4 heteroatoms. The van der Waals surface area contributed by atoms with Crippen molar-refractivity contribution in [2.75, 3.05) is 0 Å². The van der Waals surface area contributed by atoms with Gasteiger partial charge in [0.2, 0.25) is 0 Å². The zero-order valence-electron chi connectivity index (χ0n) is 44.4. The molecule has 0 saturated heterocycles. The number of aromatic nitrogens is 3. The van der Waals surface area contributed by atoms with E-state index in [-0.39, 0.29) is 18.1 Å². The monoisotopic (exact) mass is 986 g/mol. The largest absolute Gasteiger partial charge is 0.309 e. The van der Waals surface area contributed by atoms with Crippen LogP contribution < -0.4 is 20.7 Å². The Balaban J connectivity index is 1.02. The van der Waals surface area contributed by atoms with Crippen molar-refractivity contribution in [1.82, 2.24) is 13.7 Å². The molecule has 0 atom stereocenters. The van der Waals surface area contributed by atoms with E-state index in [1.54, 1.807) is 0 Å². The zero-order chi connectivity index (χ0) is 52.8. The number of hydrogen-bond donors (Lipinski definition) is 0. The number of nitrogens with zero attached hydrogens (tertiary/aromatic N) is 3. The van der Waals surface area contributed by atoms with Gasteiger partial charge in [0.15, 0.2) is 8.07 Å². The van der Waals surface area contributed by atoms with Crippen LogP contribution in [0.25, 0.3) is 105 Å².